The van der Waals surface area contributed by atoms with Gasteiger partial charge in [-0.05, 0) is 19.8 Å². The third-order valence-electron chi connectivity index (χ3n) is 3.93. The average molecular weight is 250 g/mol. The lowest BCUT2D eigenvalue weighted by atomic mass is 10.2. The Balaban J connectivity index is 2.24. The van der Waals surface area contributed by atoms with Gasteiger partial charge in [-0.15, -0.1) is 0 Å². The van der Waals surface area contributed by atoms with E-state index in [1.807, 2.05) is 6.92 Å². The van der Waals surface area contributed by atoms with E-state index in [1.165, 1.54) is 19.0 Å². The van der Waals surface area contributed by atoms with Crippen LogP contribution in [-0.4, -0.2) is 40.7 Å². The number of amidine groups is 1. The maximum atomic E-state index is 12.0. The van der Waals surface area contributed by atoms with Crippen LogP contribution in [0.5, 0.6) is 0 Å². The number of likely N-dealkylation sites (N-methyl/N-ethyl adjacent to an activating group) is 1. The van der Waals surface area contributed by atoms with Gasteiger partial charge in [-0.3, -0.25) is 10.2 Å². The van der Waals surface area contributed by atoms with Gasteiger partial charge in [0.1, 0.15) is 11.5 Å². The SMILES string of the molecule is CCN1C(=O)CCN(C2CCCC2)C(=N)/C1=C\N. The van der Waals surface area contributed by atoms with Crippen molar-refractivity contribution in [3.05, 3.63) is 11.9 Å². The summed E-state index contributed by atoms with van der Waals surface area (Å²) in [5.74, 6) is 0.483. The van der Waals surface area contributed by atoms with Crippen molar-refractivity contribution in [2.24, 2.45) is 5.73 Å². The number of hydrogen-bond donors (Lipinski definition) is 2. The van der Waals surface area contributed by atoms with Gasteiger partial charge in [-0.2, -0.15) is 0 Å². The van der Waals surface area contributed by atoms with Gasteiger partial charge in [0, 0.05) is 31.8 Å². The highest BCUT2D eigenvalue weighted by atomic mass is 16.2. The van der Waals surface area contributed by atoms with Crippen LogP contribution in [-0.2, 0) is 4.79 Å². The molecule has 1 heterocycles. The third kappa shape index (κ3) is 2.21. The molecule has 1 saturated carbocycles. The second-order valence-corrected chi connectivity index (χ2v) is 4.92. The number of rotatable bonds is 2. The minimum absolute atomic E-state index is 0.0689. The topological polar surface area (TPSA) is 73.4 Å². The number of carbonyl (C=O) groups excluding carboxylic acids is 1. The van der Waals surface area contributed by atoms with Crippen LogP contribution in [0.25, 0.3) is 0 Å². The van der Waals surface area contributed by atoms with Crippen LogP contribution in [0.3, 0.4) is 0 Å². The second kappa shape index (κ2) is 5.42. The predicted octanol–water partition coefficient (Wildman–Crippen LogP) is 1.26. The number of nitrogens with two attached hydrogens (primary N) is 1. The molecule has 100 valence electrons. The van der Waals surface area contributed by atoms with Crippen molar-refractivity contribution in [2.45, 2.75) is 45.1 Å². The molecule has 5 nitrogen and oxygen atoms in total. The van der Waals surface area contributed by atoms with Gasteiger partial charge in [0.15, 0.2) is 0 Å². The third-order valence-corrected chi connectivity index (χ3v) is 3.93. The highest BCUT2D eigenvalue weighted by molar-refractivity contribution is 6.00. The average Bonchev–Trinajstić information content (AvgIpc) is 2.85. The zero-order chi connectivity index (χ0) is 13.1. The Bertz CT molecular complexity index is 371. The highest BCUT2D eigenvalue weighted by Gasteiger charge is 2.32. The zero-order valence-corrected chi connectivity index (χ0v) is 11.0. The van der Waals surface area contributed by atoms with E-state index in [9.17, 15) is 4.79 Å². The normalized spacial score (nSPS) is 25.1. The molecule has 18 heavy (non-hydrogen) atoms. The standard InChI is InChI=1S/C13H22N4O/c1-2-16-11(9-14)13(15)17(8-7-12(16)18)10-5-3-4-6-10/h9-10,15H,2-8,14H2,1H3/b11-9+,15-13?. The molecule has 1 saturated heterocycles. The molecule has 2 fully saturated rings. The molecular weight excluding hydrogens is 228 g/mol. The summed E-state index contributed by atoms with van der Waals surface area (Å²) in [5, 5.41) is 8.32. The molecule has 0 aromatic rings. The van der Waals surface area contributed by atoms with Gasteiger partial charge in [-0.1, -0.05) is 12.8 Å². The van der Waals surface area contributed by atoms with E-state index in [4.69, 9.17) is 11.1 Å². The molecule has 0 atom stereocenters. The summed E-state index contributed by atoms with van der Waals surface area (Å²) >= 11 is 0. The van der Waals surface area contributed by atoms with Crippen LogP contribution < -0.4 is 5.73 Å². The molecule has 0 bridgehead atoms. The Morgan fingerprint density at radius 3 is 2.67 bits per heavy atom. The van der Waals surface area contributed by atoms with Crippen LogP contribution in [0.1, 0.15) is 39.0 Å². The summed E-state index contributed by atoms with van der Waals surface area (Å²) in [6.07, 6.45) is 6.57. The Morgan fingerprint density at radius 1 is 1.44 bits per heavy atom. The van der Waals surface area contributed by atoms with Crippen molar-refractivity contribution in [2.75, 3.05) is 13.1 Å². The first-order valence-corrected chi connectivity index (χ1v) is 6.76. The van der Waals surface area contributed by atoms with Crippen molar-refractivity contribution in [3.8, 4) is 0 Å². The summed E-state index contributed by atoms with van der Waals surface area (Å²) in [7, 11) is 0. The number of carbonyl (C=O) groups is 1. The maximum Gasteiger partial charge on any atom is 0.228 e. The van der Waals surface area contributed by atoms with Crippen LogP contribution in [0, 0.1) is 5.41 Å². The zero-order valence-electron chi connectivity index (χ0n) is 11.0. The quantitative estimate of drug-likeness (QED) is 0.775. The fourth-order valence-electron chi connectivity index (χ4n) is 2.97. The first kappa shape index (κ1) is 12.9. The Labute approximate surface area is 108 Å². The van der Waals surface area contributed by atoms with Crippen LogP contribution in [0.4, 0.5) is 0 Å². The molecule has 0 unspecified atom stereocenters. The molecule has 0 aromatic heterocycles. The molecule has 0 aromatic carbocycles. The molecule has 3 N–H and O–H groups in total. The number of hydrogen-bond acceptors (Lipinski definition) is 3. The van der Waals surface area contributed by atoms with E-state index in [0.29, 0.717) is 37.1 Å². The summed E-state index contributed by atoms with van der Waals surface area (Å²) in [6.45, 7) is 3.14. The largest absolute Gasteiger partial charge is 0.403 e. The van der Waals surface area contributed by atoms with Gasteiger partial charge in [0.2, 0.25) is 5.91 Å². The summed E-state index contributed by atoms with van der Waals surface area (Å²) in [6, 6.07) is 0.414. The fourth-order valence-corrected chi connectivity index (χ4v) is 2.97. The number of nitrogens with zero attached hydrogens (tertiary/aromatic N) is 2. The van der Waals surface area contributed by atoms with E-state index >= 15 is 0 Å². The summed E-state index contributed by atoms with van der Waals surface area (Å²) in [4.78, 5) is 15.7. The van der Waals surface area contributed by atoms with Gasteiger partial charge in [0.25, 0.3) is 0 Å². The predicted molar refractivity (Wildman–Crippen MR) is 71.0 cm³/mol. The van der Waals surface area contributed by atoms with E-state index < -0.39 is 0 Å². The van der Waals surface area contributed by atoms with Crippen molar-refractivity contribution in [3.63, 3.8) is 0 Å². The van der Waals surface area contributed by atoms with E-state index in [1.54, 1.807) is 4.90 Å². The van der Waals surface area contributed by atoms with E-state index in [0.717, 1.165) is 12.8 Å². The van der Waals surface area contributed by atoms with Gasteiger partial charge < -0.3 is 15.5 Å². The molecule has 0 spiro atoms. The maximum absolute atomic E-state index is 12.0. The minimum Gasteiger partial charge on any atom is -0.403 e. The molecule has 1 aliphatic heterocycles. The van der Waals surface area contributed by atoms with E-state index in [-0.39, 0.29) is 5.91 Å². The minimum atomic E-state index is 0.0689. The molecule has 2 aliphatic rings. The van der Waals surface area contributed by atoms with Crippen LogP contribution in [0.15, 0.2) is 11.9 Å². The number of amides is 1. The molecular formula is C13H22N4O. The van der Waals surface area contributed by atoms with Gasteiger partial charge in [-0.25, -0.2) is 0 Å². The van der Waals surface area contributed by atoms with Crippen molar-refractivity contribution in [1.82, 2.24) is 9.80 Å². The van der Waals surface area contributed by atoms with Gasteiger partial charge in [0.05, 0.1) is 0 Å². The molecule has 1 aliphatic carbocycles. The fraction of sp³-hybridized carbons (Fsp3) is 0.692. The van der Waals surface area contributed by atoms with E-state index in [2.05, 4.69) is 4.90 Å². The molecule has 5 heteroatoms. The van der Waals surface area contributed by atoms with Gasteiger partial charge >= 0.3 is 0 Å². The summed E-state index contributed by atoms with van der Waals surface area (Å²) < 4.78 is 0. The van der Waals surface area contributed by atoms with Crippen molar-refractivity contribution >= 4 is 11.7 Å². The van der Waals surface area contributed by atoms with Crippen LogP contribution in [0.2, 0.25) is 0 Å². The first-order valence-electron chi connectivity index (χ1n) is 6.76. The number of nitrogens with one attached hydrogen (secondary N) is 1. The Hall–Kier alpha value is -1.52. The lowest BCUT2D eigenvalue weighted by Gasteiger charge is -2.30. The lowest BCUT2D eigenvalue weighted by Crippen LogP contribution is -2.41. The first-order chi connectivity index (χ1) is 8.69. The second-order valence-electron chi connectivity index (χ2n) is 4.92. The van der Waals surface area contributed by atoms with Crippen LogP contribution >= 0.6 is 0 Å². The lowest BCUT2D eigenvalue weighted by molar-refractivity contribution is -0.128. The summed E-state index contributed by atoms with van der Waals surface area (Å²) in [5.41, 5.74) is 6.19. The Morgan fingerprint density at radius 2 is 2.11 bits per heavy atom. The molecule has 2 rings (SSSR count). The monoisotopic (exact) mass is 250 g/mol. The van der Waals surface area contributed by atoms with Crippen molar-refractivity contribution in [1.29, 1.82) is 5.41 Å². The highest BCUT2D eigenvalue weighted by Crippen LogP contribution is 2.27. The van der Waals surface area contributed by atoms with Crippen molar-refractivity contribution < 1.29 is 4.79 Å². The smallest absolute Gasteiger partial charge is 0.228 e. The Kier molecular flexibility index (Phi) is 3.89. The molecule has 1 amide bonds. The molecule has 0 radical (unpaired) electrons.